The fraction of sp³-hybridized carbons (Fsp3) is 0.647. The number of hydrogen-bond acceptors (Lipinski definition) is 4. The molecule has 2 aliphatic heterocycles. The second-order valence-electron chi connectivity index (χ2n) is 6.33. The summed E-state index contributed by atoms with van der Waals surface area (Å²) in [4.78, 5) is 20.8. The van der Waals surface area contributed by atoms with Gasteiger partial charge in [0, 0.05) is 39.4 Å². The minimum atomic E-state index is 0.204. The molecule has 1 amide bonds. The van der Waals surface area contributed by atoms with Crippen LogP contribution in [-0.4, -0.2) is 55.2 Å². The lowest BCUT2D eigenvalue weighted by Crippen LogP contribution is -2.41. The molecule has 5 nitrogen and oxygen atoms in total. The number of piperidine rings is 1. The first kappa shape index (κ1) is 15.4. The third kappa shape index (κ3) is 3.65. The van der Waals surface area contributed by atoms with Gasteiger partial charge in [-0.2, -0.15) is 0 Å². The Balaban J connectivity index is 1.52. The SMILES string of the molecule is COC1CCN(CCC2CCC(=O)N(c3ccccn3)C2)C1. The van der Waals surface area contributed by atoms with Gasteiger partial charge in [-0.25, -0.2) is 4.98 Å². The normalized spacial score (nSPS) is 26.6. The summed E-state index contributed by atoms with van der Waals surface area (Å²) in [6, 6.07) is 5.74. The first-order chi connectivity index (χ1) is 10.8. The second-order valence-corrected chi connectivity index (χ2v) is 6.33. The van der Waals surface area contributed by atoms with Crippen molar-refractivity contribution in [2.75, 3.05) is 38.2 Å². The molecule has 0 radical (unpaired) electrons. The van der Waals surface area contributed by atoms with Gasteiger partial charge >= 0.3 is 0 Å². The van der Waals surface area contributed by atoms with Crippen LogP contribution in [0, 0.1) is 5.92 Å². The van der Waals surface area contributed by atoms with Crippen LogP contribution in [0.5, 0.6) is 0 Å². The van der Waals surface area contributed by atoms with Crippen molar-refractivity contribution in [3.05, 3.63) is 24.4 Å². The third-order valence-corrected chi connectivity index (χ3v) is 4.85. The number of ether oxygens (including phenoxy) is 1. The number of methoxy groups -OCH3 is 1. The smallest absolute Gasteiger partial charge is 0.228 e. The van der Waals surface area contributed by atoms with Gasteiger partial charge in [0.05, 0.1) is 6.10 Å². The molecule has 1 aromatic heterocycles. The van der Waals surface area contributed by atoms with Crippen molar-refractivity contribution >= 4 is 11.7 Å². The second kappa shape index (κ2) is 7.20. The zero-order chi connectivity index (χ0) is 15.4. The summed E-state index contributed by atoms with van der Waals surface area (Å²) in [6.07, 6.45) is 6.08. The molecule has 0 saturated carbocycles. The molecule has 2 fully saturated rings. The monoisotopic (exact) mass is 303 g/mol. The molecule has 2 aliphatic rings. The van der Waals surface area contributed by atoms with E-state index >= 15 is 0 Å². The van der Waals surface area contributed by atoms with Crippen molar-refractivity contribution in [1.82, 2.24) is 9.88 Å². The average Bonchev–Trinajstić information content (AvgIpc) is 3.03. The summed E-state index contributed by atoms with van der Waals surface area (Å²) in [5.74, 6) is 1.56. The van der Waals surface area contributed by atoms with Gasteiger partial charge in [0.2, 0.25) is 5.91 Å². The van der Waals surface area contributed by atoms with E-state index in [1.807, 2.05) is 23.1 Å². The minimum absolute atomic E-state index is 0.204. The van der Waals surface area contributed by atoms with E-state index < -0.39 is 0 Å². The molecule has 0 N–H and O–H groups in total. The fourth-order valence-corrected chi connectivity index (χ4v) is 3.44. The molecule has 3 rings (SSSR count). The standard InChI is InChI=1S/C17H25N3O2/c1-22-15-8-11-19(13-15)10-7-14-5-6-17(21)20(12-14)16-4-2-3-9-18-16/h2-4,9,14-15H,5-8,10-13H2,1H3. The van der Waals surface area contributed by atoms with Crippen molar-refractivity contribution in [1.29, 1.82) is 0 Å². The van der Waals surface area contributed by atoms with Gasteiger partial charge in [-0.3, -0.25) is 9.69 Å². The summed E-state index contributed by atoms with van der Waals surface area (Å²) in [7, 11) is 1.80. The lowest BCUT2D eigenvalue weighted by Gasteiger charge is -2.32. The van der Waals surface area contributed by atoms with Crippen LogP contribution in [0.4, 0.5) is 5.82 Å². The fourth-order valence-electron chi connectivity index (χ4n) is 3.44. The molecule has 0 aromatic carbocycles. The highest BCUT2D eigenvalue weighted by Gasteiger charge is 2.28. The van der Waals surface area contributed by atoms with E-state index in [9.17, 15) is 4.79 Å². The summed E-state index contributed by atoms with van der Waals surface area (Å²) in [6.45, 7) is 4.09. The molecule has 2 saturated heterocycles. The van der Waals surface area contributed by atoms with Gasteiger partial charge in [-0.15, -0.1) is 0 Å². The molecular formula is C17H25N3O2. The predicted octanol–water partition coefficient (Wildman–Crippen LogP) is 1.94. The first-order valence-corrected chi connectivity index (χ1v) is 8.23. The summed E-state index contributed by atoms with van der Waals surface area (Å²) in [5, 5.41) is 0. The van der Waals surface area contributed by atoms with Crippen LogP contribution in [0.2, 0.25) is 0 Å². The summed E-state index contributed by atoms with van der Waals surface area (Å²) in [5.41, 5.74) is 0. The van der Waals surface area contributed by atoms with E-state index in [-0.39, 0.29) is 5.91 Å². The van der Waals surface area contributed by atoms with Crippen molar-refractivity contribution in [3.8, 4) is 0 Å². The van der Waals surface area contributed by atoms with Crippen LogP contribution < -0.4 is 4.90 Å². The summed E-state index contributed by atoms with van der Waals surface area (Å²) >= 11 is 0. The molecule has 5 heteroatoms. The van der Waals surface area contributed by atoms with Gasteiger partial charge in [0.15, 0.2) is 0 Å². The van der Waals surface area contributed by atoms with Crippen LogP contribution in [0.3, 0.4) is 0 Å². The van der Waals surface area contributed by atoms with Gasteiger partial charge < -0.3 is 9.64 Å². The van der Waals surface area contributed by atoms with Crippen LogP contribution >= 0.6 is 0 Å². The largest absolute Gasteiger partial charge is 0.380 e. The minimum Gasteiger partial charge on any atom is -0.380 e. The Hall–Kier alpha value is -1.46. The number of carbonyl (C=O) groups excluding carboxylic acids is 1. The molecule has 0 bridgehead atoms. The van der Waals surface area contributed by atoms with Crippen molar-refractivity contribution in [2.24, 2.45) is 5.92 Å². The number of carbonyl (C=O) groups is 1. The van der Waals surface area contributed by atoms with E-state index in [0.29, 0.717) is 18.4 Å². The number of aromatic nitrogens is 1. The Labute approximate surface area is 132 Å². The van der Waals surface area contributed by atoms with E-state index in [2.05, 4.69) is 9.88 Å². The Morgan fingerprint density at radius 3 is 2.95 bits per heavy atom. The number of rotatable bonds is 5. The number of hydrogen-bond donors (Lipinski definition) is 0. The molecule has 0 aliphatic carbocycles. The zero-order valence-corrected chi connectivity index (χ0v) is 13.3. The van der Waals surface area contributed by atoms with E-state index in [1.165, 1.54) is 0 Å². The molecule has 120 valence electrons. The molecule has 3 heterocycles. The zero-order valence-electron chi connectivity index (χ0n) is 13.3. The van der Waals surface area contributed by atoms with Gasteiger partial charge in [0.25, 0.3) is 0 Å². The highest BCUT2D eigenvalue weighted by atomic mass is 16.5. The molecule has 22 heavy (non-hydrogen) atoms. The van der Waals surface area contributed by atoms with Gasteiger partial charge in [-0.05, 0) is 43.9 Å². The van der Waals surface area contributed by atoms with Crippen LogP contribution in [0.1, 0.15) is 25.7 Å². The van der Waals surface area contributed by atoms with Crippen LogP contribution in [0.15, 0.2) is 24.4 Å². The number of likely N-dealkylation sites (tertiary alicyclic amines) is 1. The molecule has 1 aromatic rings. The molecule has 2 atom stereocenters. The molecule has 2 unspecified atom stereocenters. The number of amides is 1. The van der Waals surface area contributed by atoms with Gasteiger partial charge in [-0.1, -0.05) is 6.07 Å². The maximum Gasteiger partial charge on any atom is 0.228 e. The average molecular weight is 303 g/mol. The van der Waals surface area contributed by atoms with Gasteiger partial charge in [0.1, 0.15) is 5.82 Å². The lowest BCUT2D eigenvalue weighted by molar-refractivity contribution is -0.120. The Morgan fingerprint density at radius 1 is 1.32 bits per heavy atom. The van der Waals surface area contributed by atoms with Crippen molar-refractivity contribution in [2.45, 2.75) is 31.8 Å². The van der Waals surface area contributed by atoms with E-state index in [4.69, 9.17) is 4.74 Å². The lowest BCUT2D eigenvalue weighted by atomic mass is 9.94. The Bertz CT molecular complexity index is 494. The summed E-state index contributed by atoms with van der Waals surface area (Å²) < 4.78 is 5.42. The first-order valence-electron chi connectivity index (χ1n) is 8.23. The molecular weight excluding hydrogens is 278 g/mol. The maximum absolute atomic E-state index is 12.1. The van der Waals surface area contributed by atoms with Crippen molar-refractivity contribution < 1.29 is 9.53 Å². The van der Waals surface area contributed by atoms with Crippen LogP contribution in [-0.2, 0) is 9.53 Å². The van der Waals surface area contributed by atoms with Crippen molar-refractivity contribution in [3.63, 3.8) is 0 Å². The number of anilines is 1. The topological polar surface area (TPSA) is 45.7 Å². The van der Waals surface area contributed by atoms with E-state index in [0.717, 1.165) is 51.3 Å². The number of nitrogens with zero attached hydrogens (tertiary/aromatic N) is 3. The highest BCUT2D eigenvalue weighted by molar-refractivity contribution is 5.93. The Kier molecular flexibility index (Phi) is 5.05. The number of pyridine rings is 1. The quantitative estimate of drug-likeness (QED) is 0.834. The maximum atomic E-state index is 12.1. The predicted molar refractivity (Wildman–Crippen MR) is 85.8 cm³/mol. The van der Waals surface area contributed by atoms with E-state index in [1.54, 1.807) is 13.3 Å². The third-order valence-electron chi connectivity index (χ3n) is 4.85. The Morgan fingerprint density at radius 2 is 2.23 bits per heavy atom. The van der Waals surface area contributed by atoms with Crippen LogP contribution in [0.25, 0.3) is 0 Å². The molecule has 0 spiro atoms. The highest BCUT2D eigenvalue weighted by Crippen LogP contribution is 2.25.